The molecule has 1 unspecified atom stereocenters. The van der Waals surface area contributed by atoms with Crippen LogP contribution in [0.4, 0.5) is 9.18 Å². The van der Waals surface area contributed by atoms with Crippen LogP contribution in [0.5, 0.6) is 0 Å². The predicted molar refractivity (Wildman–Crippen MR) is 95.0 cm³/mol. The van der Waals surface area contributed by atoms with Gasteiger partial charge in [0, 0.05) is 12.1 Å². The van der Waals surface area contributed by atoms with Gasteiger partial charge in [0.15, 0.2) is 5.54 Å². The fourth-order valence-electron chi connectivity index (χ4n) is 3.06. The highest BCUT2D eigenvalue weighted by Crippen LogP contribution is 2.35. The van der Waals surface area contributed by atoms with Gasteiger partial charge in [-0.3, -0.25) is 4.90 Å². The van der Waals surface area contributed by atoms with Crippen LogP contribution in [-0.2, 0) is 21.7 Å². The van der Waals surface area contributed by atoms with E-state index in [0.717, 1.165) is 10.5 Å². The Kier molecular flexibility index (Phi) is 6.33. The Morgan fingerprint density at radius 2 is 1.69 bits per heavy atom. The van der Waals surface area contributed by atoms with Crippen molar-refractivity contribution in [1.29, 1.82) is 0 Å². The molecular formula is C20H22FNO4. The third-order valence-electron chi connectivity index (χ3n) is 4.39. The molecule has 0 aliphatic rings. The molecule has 0 heterocycles. The maximum atomic E-state index is 14.4. The lowest BCUT2D eigenvalue weighted by Crippen LogP contribution is -2.54. The fraction of sp³-hybridized carbons (Fsp3) is 0.300. The summed E-state index contributed by atoms with van der Waals surface area (Å²) in [5, 5.41) is 9.92. The van der Waals surface area contributed by atoms with Crippen molar-refractivity contribution >= 4 is 12.1 Å². The summed E-state index contributed by atoms with van der Waals surface area (Å²) in [5.74, 6) is -1.98. The molecule has 0 spiro atoms. The van der Waals surface area contributed by atoms with E-state index < -0.39 is 23.4 Å². The van der Waals surface area contributed by atoms with E-state index in [9.17, 15) is 19.1 Å². The molecule has 2 aromatic carbocycles. The van der Waals surface area contributed by atoms with Crippen molar-refractivity contribution in [3.63, 3.8) is 0 Å². The number of hydrogen-bond acceptors (Lipinski definition) is 3. The van der Waals surface area contributed by atoms with Gasteiger partial charge in [0.25, 0.3) is 0 Å². The van der Waals surface area contributed by atoms with Crippen molar-refractivity contribution in [2.45, 2.75) is 32.4 Å². The summed E-state index contributed by atoms with van der Waals surface area (Å²) in [6.07, 6.45) is -0.804. The maximum absolute atomic E-state index is 14.4. The van der Waals surface area contributed by atoms with E-state index in [0.29, 0.717) is 0 Å². The molecule has 0 aliphatic carbocycles. The van der Waals surface area contributed by atoms with Crippen LogP contribution >= 0.6 is 0 Å². The molecule has 1 atom stereocenters. The van der Waals surface area contributed by atoms with Crippen LogP contribution in [-0.4, -0.2) is 28.6 Å². The van der Waals surface area contributed by atoms with Gasteiger partial charge in [-0.15, -0.1) is 0 Å². The standard InChI is InChI=1S/C20H22FNO4/c1-3-20(18(23)24,16-12-8-9-13-17(16)21)22(4-2)19(25)26-14-15-10-6-5-7-11-15/h5-13H,3-4,14H2,1-2H3,(H,23,24). The highest BCUT2D eigenvalue weighted by molar-refractivity contribution is 5.86. The highest BCUT2D eigenvalue weighted by Gasteiger charge is 2.48. The molecule has 0 fully saturated rings. The lowest BCUT2D eigenvalue weighted by molar-refractivity contribution is -0.152. The van der Waals surface area contributed by atoms with E-state index in [-0.39, 0.29) is 25.1 Å². The van der Waals surface area contributed by atoms with Gasteiger partial charge in [-0.05, 0) is 25.0 Å². The highest BCUT2D eigenvalue weighted by atomic mass is 19.1. The molecule has 2 aromatic rings. The van der Waals surface area contributed by atoms with Gasteiger partial charge in [0.1, 0.15) is 12.4 Å². The van der Waals surface area contributed by atoms with Gasteiger partial charge in [-0.25, -0.2) is 14.0 Å². The predicted octanol–water partition coefficient (Wildman–Crippen LogP) is 4.17. The second-order valence-electron chi connectivity index (χ2n) is 5.78. The van der Waals surface area contributed by atoms with Crippen molar-refractivity contribution in [3.8, 4) is 0 Å². The average Bonchev–Trinajstić information content (AvgIpc) is 2.65. The summed E-state index contributed by atoms with van der Waals surface area (Å²) in [5.41, 5.74) is -1.12. The number of carbonyl (C=O) groups is 2. The lowest BCUT2D eigenvalue weighted by atomic mass is 9.85. The zero-order valence-corrected chi connectivity index (χ0v) is 14.8. The second-order valence-corrected chi connectivity index (χ2v) is 5.78. The molecule has 0 saturated heterocycles. The number of aliphatic carboxylic acids is 1. The van der Waals surface area contributed by atoms with Gasteiger partial charge < -0.3 is 9.84 Å². The Balaban J connectivity index is 2.36. The molecular weight excluding hydrogens is 337 g/mol. The molecule has 1 N–H and O–H groups in total. The number of carboxylic acid groups (broad SMARTS) is 1. The summed E-state index contributed by atoms with van der Waals surface area (Å²) < 4.78 is 19.7. The number of amides is 1. The number of rotatable bonds is 7. The number of halogens is 1. The molecule has 0 radical (unpaired) electrons. The quantitative estimate of drug-likeness (QED) is 0.805. The second kappa shape index (κ2) is 8.47. The molecule has 0 aliphatic heterocycles. The molecule has 2 rings (SSSR count). The van der Waals surface area contributed by atoms with Gasteiger partial charge in [0.2, 0.25) is 0 Å². The smallest absolute Gasteiger partial charge is 0.411 e. The van der Waals surface area contributed by atoms with Crippen LogP contribution in [0.3, 0.4) is 0 Å². The van der Waals surface area contributed by atoms with Crippen LogP contribution in [0.25, 0.3) is 0 Å². The first-order valence-corrected chi connectivity index (χ1v) is 8.44. The summed E-state index contributed by atoms with van der Waals surface area (Å²) >= 11 is 0. The molecule has 26 heavy (non-hydrogen) atoms. The van der Waals surface area contributed by atoms with E-state index in [1.165, 1.54) is 18.2 Å². The van der Waals surface area contributed by atoms with Crippen LogP contribution in [0.1, 0.15) is 31.4 Å². The third-order valence-corrected chi connectivity index (χ3v) is 4.39. The normalized spacial score (nSPS) is 12.9. The Hall–Kier alpha value is -2.89. The van der Waals surface area contributed by atoms with Gasteiger partial charge in [0.05, 0.1) is 0 Å². The van der Waals surface area contributed by atoms with E-state index >= 15 is 0 Å². The Morgan fingerprint density at radius 1 is 1.08 bits per heavy atom. The zero-order chi connectivity index (χ0) is 19.2. The number of carbonyl (C=O) groups excluding carboxylic acids is 1. The molecule has 6 heteroatoms. The van der Waals surface area contributed by atoms with Crippen molar-refractivity contribution in [2.24, 2.45) is 0 Å². The molecule has 5 nitrogen and oxygen atoms in total. The van der Waals surface area contributed by atoms with Gasteiger partial charge in [-0.2, -0.15) is 0 Å². The first kappa shape index (κ1) is 19.4. The van der Waals surface area contributed by atoms with E-state index in [4.69, 9.17) is 4.74 Å². The van der Waals surface area contributed by atoms with Gasteiger partial charge >= 0.3 is 12.1 Å². The molecule has 0 bridgehead atoms. The zero-order valence-electron chi connectivity index (χ0n) is 14.8. The topological polar surface area (TPSA) is 66.8 Å². The number of ether oxygens (including phenoxy) is 1. The van der Waals surface area contributed by atoms with Crippen LogP contribution < -0.4 is 0 Å². The molecule has 138 valence electrons. The van der Waals surface area contributed by atoms with Crippen LogP contribution in [0.15, 0.2) is 54.6 Å². The van der Waals surface area contributed by atoms with E-state index in [2.05, 4.69) is 0 Å². The Bertz CT molecular complexity index is 765. The molecule has 0 saturated carbocycles. The number of hydrogen-bond donors (Lipinski definition) is 1. The largest absolute Gasteiger partial charge is 0.479 e. The summed E-state index contributed by atoms with van der Waals surface area (Å²) in [4.78, 5) is 25.9. The summed E-state index contributed by atoms with van der Waals surface area (Å²) in [7, 11) is 0. The summed E-state index contributed by atoms with van der Waals surface area (Å²) in [6, 6.07) is 14.7. The van der Waals surface area contributed by atoms with E-state index in [1.54, 1.807) is 32.0 Å². The first-order valence-electron chi connectivity index (χ1n) is 8.44. The van der Waals surface area contributed by atoms with Crippen LogP contribution in [0.2, 0.25) is 0 Å². The minimum atomic E-state index is -1.84. The number of benzene rings is 2. The number of nitrogens with zero attached hydrogens (tertiary/aromatic N) is 1. The maximum Gasteiger partial charge on any atom is 0.411 e. The fourth-order valence-corrected chi connectivity index (χ4v) is 3.06. The summed E-state index contributed by atoms with van der Waals surface area (Å²) in [6.45, 7) is 3.31. The Morgan fingerprint density at radius 3 is 2.23 bits per heavy atom. The van der Waals surface area contributed by atoms with Crippen molar-refractivity contribution in [3.05, 3.63) is 71.5 Å². The first-order chi connectivity index (χ1) is 12.5. The van der Waals surface area contributed by atoms with Crippen molar-refractivity contribution < 1.29 is 23.8 Å². The molecule has 0 aromatic heterocycles. The van der Waals surface area contributed by atoms with Crippen molar-refractivity contribution in [2.75, 3.05) is 6.54 Å². The van der Waals surface area contributed by atoms with Gasteiger partial charge in [-0.1, -0.05) is 55.5 Å². The van der Waals surface area contributed by atoms with E-state index in [1.807, 2.05) is 18.2 Å². The Labute approximate surface area is 152 Å². The minimum absolute atomic E-state index is 0.00244. The average molecular weight is 359 g/mol. The lowest BCUT2D eigenvalue weighted by Gasteiger charge is -2.39. The SMILES string of the molecule is CCN(C(=O)OCc1ccccc1)C(CC)(C(=O)O)c1ccccc1F. The monoisotopic (exact) mass is 359 g/mol. The van der Waals surface area contributed by atoms with Crippen LogP contribution in [0, 0.1) is 5.82 Å². The third kappa shape index (κ3) is 3.69. The molecule has 1 amide bonds. The number of carboxylic acids is 1. The van der Waals surface area contributed by atoms with Crippen molar-refractivity contribution in [1.82, 2.24) is 4.90 Å². The number of likely N-dealkylation sites (N-methyl/N-ethyl adjacent to an activating group) is 1. The minimum Gasteiger partial charge on any atom is -0.479 e.